The summed E-state index contributed by atoms with van der Waals surface area (Å²) in [6, 6.07) is 1.97. The summed E-state index contributed by atoms with van der Waals surface area (Å²) in [6.45, 7) is 6.95. The molecule has 0 amide bonds. The van der Waals surface area contributed by atoms with Crippen LogP contribution in [0.2, 0.25) is 0 Å². The Labute approximate surface area is 112 Å². The van der Waals surface area contributed by atoms with E-state index >= 15 is 0 Å². The Morgan fingerprint density at radius 2 is 2.05 bits per heavy atom. The van der Waals surface area contributed by atoms with Gasteiger partial charge in [-0.3, -0.25) is 4.68 Å². The van der Waals surface area contributed by atoms with Gasteiger partial charge in [-0.05, 0) is 26.8 Å². The molecule has 7 nitrogen and oxygen atoms in total. The molecule has 0 aliphatic rings. The lowest BCUT2D eigenvalue weighted by Crippen LogP contribution is -2.12. The Balaban J connectivity index is 2.36. The number of aromatic nitrogens is 4. The van der Waals surface area contributed by atoms with Gasteiger partial charge in [-0.15, -0.1) is 0 Å². The normalized spacial score (nSPS) is 12.0. The smallest absolute Gasteiger partial charge is 0.257 e. The molecule has 2 rings (SSSR count). The van der Waals surface area contributed by atoms with E-state index in [2.05, 4.69) is 10.1 Å². The Bertz CT molecular complexity index is 699. The number of rotatable bonds is 4. The van der Waals surface area contributed by atoms with E-state index in [9.17, 15) is 8.42 Å². The average molecular weight is 283 g/mol. The Kier molecular flexibility index (Phi) is 3.46. The van der Waals surface area contributed by atoms with Crippen LogP contribution in [0.25, 0.3) is 0 Å². The van der Waals surface area contributed by atoms with Gasteiger partial charge in [0.25, 0.3) is 10.0 Å². The van der Waals surface area contributed by atoms with Crippen molar-refractivity contribution in [3.05, 3.63) is 29.5 Å². The van der Waals surface area contributed by atoms with E-state index in [-0.39, 0.29) is 5.03 Å². The van der Waals surface area contributed by atoms with Crippen LogP contribution >= 0.6 is 0 Å². The van der Waals surface area contributed by atoms with Crippen molar-refractivity contribution in [1.29, 1.82) is 0 Å². The van der Waals surface area contributed by atoms with Gasteiger partial charge in [-0.1, -0.05) is 0 Å². The van der Waals surface area contributed by atoms with Gasteiger partial charge in [-0.25, -0.2) is 18.5 Å². The molecule has 2 N–H and O–H groups in total. The molecular formula is C11H17N5O2S. The molecule has 0 aromatic carbocycles. The zero-order chi connectivity index (χ0) is 14.2. The van der Waals surface area contributed by atoms with Gasteiger partial charge in [0, 0.05) is 12.7 Å². The number of nitrogens with zero attached hydrogens (tertiary/aromatic N) is 4. The van der Waals surface area contributed by atoms with Crippen LogP contribution in [0.1, 0.15) is 24.1 Å². The van der Waals surface area contributed by atoms with E-state index in [0.717, 1.165) is 17.9 Å². The molecule has 0 aliphatic heterocycles. The lowest BCUT2D eigenvalue weighted by Gasteiger charge is -2.06. The number of nitrogens with two attached hydrogens (primary N) is 1. The van der Waals surface area contributed by atoms with Crippen molar-refractivity contribution in [2.24, 2.45) is 5.14 Å². The largest absolute Gasteiger partial charge is 0.328 e. The lowest BCUT2D eigenvalue weighted by molar-refractivity contribution is 0.590. The number of primary sulfonamides is 1. The molecule has 0 unspecified atom stereocenters. The first-order valence-electron chi connectivity index (χ1n) is 5.91. The molecule has 2 aromatic rings. The molecule has 0 fully saturated rings. The summed E-state index contributed by atoms with van der Waals surface area (Å²) in [6.07, 6.45) is 1.45. The summed E-state index contributed by atoms with van der Waals surface area (Å²) in [5, 5.41) is 9.31. The fourth-order valence-electron chi connectivity index (χ4n) is 1.95. The van der Waals surface area contributed by atoms with E-state index in [1.165, 1.54) is 6.20 Å². The van der Waals surface area contributed by atoms with Gasteiger partial charge in [-0.2, -0.15) is 5.10 Å². The highest BCUT2D eigenvalue weighted by Gasteiger charge is 2.15. The van der Waals surface area contributed by atoms with Crippen molar-refractivity contribution in [1.82, 2.24) is 19.3 Å². The number of sulfonamides is 1. The predicted molar refractivity (Wildman–Crippen MR) is 70.1 cm³/mol. The first-order chi connectivity index (χ1) is 8.81. The lowest BCUT2D eigenvalue weighted by atomic mass is 10.3. The summed E-state index contributed by atoms with van der Waals surface area (Å²) in [5.41, 5.74) is 1.93. The van der Waals surface area contributed by atoms with Gasteiger partial charge in [0.05, 0.1) is 17.9 Å². The van der Waals surface area contributed by atoms with Crippen molar-refractivity contribution in [3.8, 4) is 0 Å². The monoisotopic (exact) mass is 283 g/mol. The first-order valence-corrected chi connectivity index (χ1v) is 7.45. The molecule has 8 heteroatoms. The van der Waals surface area contributed by atoms with Crippen LogP contribution in [0.15, 0.2) is 17.3 Å². The quantitative estimate of drug-likeness (QED) is 0.879. The summed E-state index contributed by atoms with van der Waals surface area (Å²) in [4.78, 5) is 3.96. The second-order valence-corrected chi connectivity index (χ2v) is 5.90. The molecule has 0 saturated heterocycles. The molecule has 0 spiro atoms. The molecule has 104 valence electrons. The molecule has 2 aromatic heterocycles. The Hall–Kier alpha value is -1.67. The van der Waals surface area contributed by atoms with E-state index in [1.807, 2.05) is 24.6 Å². The zero-order valence-electron chi connectivity index (χ0n) is 11.2. The zero-order valence-corrected chi connectivity index (χ0v) is 12.0. The number of hydrogen-bond donors (Lipinski definition) is 1. The second-order valence-electron chi connectivity index (χ2n) is 4.39. The van der Waals surface area contributed by atoms with Gasteiger partial charge >= 0.3 is 0 Å². The molecule has 0 atom stereocenters. The maximum atomic E-state index is 11.3. The van der Waals surface area contributed by atoms with Crippen LogP contribution in [0.3, 0.4) is 0 Å². The van der Waals surface area contributed by atoms with Crippen LogP contribution in [0.5, 0.6) is 0 Å². The fraction of sp³-hybridized carbons (Fsp3) is 0.455. The van der Waals surface area contributed by atoms with E-state index in [4.69, 9.17) is 5.14 Å². The van der Waals surface area contributed by atoms with E-state index < -0.39 is 10.0 Å². The molecule has 19 heavy (non-hydrogen) atoms. The van der Waals surface area contributed by atoms with Gasteiger partial charge in [0.15, 0.2) is 5.03 Å². The van der Waals surface area contributed by atoms with Crippen molar-refractivity contribution < 1.29 is 8.42 Å². The topological polar surface area (TPSA) is 95.8 Å². The second kappa shape index (κ2) is 4.78. The molecule has 2 heterocycles. The van der Waals surface area contributed by atoms with Crippen LogP contribution in [0.4, 0.5) is 0 Å². The minimum Gasteiger partial charge on any atom is -0.328 e. The molecule has 0 aliphatic carbocycles. The van der Waals surface area contributed by atoms with Gasteiger partial charge in [0.2, 0.25) is 0 Å². The fourth-order valence-corrected chi connectivity index (χ4v) is 2.48. The van der Waals surface area contributed by atoms with Crippen molar-refractivity contribution in [2.75, 3.05) is 0 Å². The minimum atomic E-state index is -3.76. The predicted octanol–water partition coefficient (Wildman–Crippen LogP) is 0.412. The van der Waals surface area contributed by atoms with E-state index in [1.54, 1.807) is 11.5 Å². The summed E-state index contributed by atoms with van der Waals surface area (Å²) in [5.74, 6) is 0.602. The highest BCUT2D eigenvalue weighted by atomic mass is 32.2. The third-order valence-electron chi connectivity index (χ3n) is 2.86. The first kappa shape index (κ1) is 13.8. The molecule has 0 bridgehead atoms. The third kappa shape index (κ3) is 2.85. The highest BCUT2D eigenvalue weighted by Crippen LogP contribution is 2.11. The van der Waals surface area contributed by atoms with Gasteiger partial charge < -0.3 is 4.57 Å². The number of imidazole rings is 1. The SMILES string of the molecule is CCn1nc(C)cc1Cn1cc(S(N)(=O)=O)nc1C. The molecular weight excluding hydrogens is 266 g/mol. The number of aryl methyl sites for hydroxylation is 3. The van der Waals surface area contributed by atoms with Crippen molar-refractivity contribution in [2.45, 2.75) is 38.9 Å². The summed E-state index contributed by atoms with van der Waals surface area (Å²) < 4.78 is 26.2. The highest BCUT2D eigenvalue weighted by molar-refractivity contribution is 7.89. The van der Waals surface area contributed by atoms with Crippen molar-refractivity contribution >= 4 is 10.0 Å². The standard InChI is InChI=1S/C11H17N5O2S/c1-4-16-10(5-8(2)14-16)6-15-7-11(13-9(15)3)19(12,17)18/h5,7H,4,6H2,1-3H3,(H2,12,17,18). The van der Waals surface area contributed by atoms with Crippen LogP contribution in [-0.4, -0.2) is 27.7 Å². The summed E-state index contributed by atoms with van der Waals surface area (Å²) >= 11 is 0. The molecule has 0 saturated carbocycles. The van der Waals surface area contributed by atoms with Crippen molar-refractivity contribution in [3.63, 3.8) is 0 Å². The maximum Gasteiger partial charge on any atom is 0.257 e. The van der Waals surface area contributed by atoms with Crippen LogP contribution in [-0.2, 0) is 23.1 Å². The van der Waals surface area contributed by atoms with Crippen LogP contribution < -0.4 is 5.14 Å². The van der Waals surface area contributed by atoms with Crippen LogP contribution in [0, 0.1) is 13.8 Å². The average Bonchev–Trinajstić information content (AvgIpc) is 2.83. The number of hydrogen-bond acceptors (Lipinski definition) is 4. The maximum absolute atomic E-state index is 11.3. The minimum absolute atomic E-state index is 0.107. The third-order valence-corrected chi connectivity index (χ3v) is 3.64. The van der Waals surface area contributed by atoms with Gasteiger partial charge in [0.1, 0.15) is 5.82 Å². The molecule has 0 radical (unpaired) electrons. The summed E-state index contributed by atoms with van der Waals surface area (Å²) in [7, 11) is -3.76. The Morgan fingerprint density at radius 1 is 1.37 bits per heavy atom. The Morgan fingerprint density at radius 3 is 2.58 bits per heavy atom. The van der Waals surface area contributed by atoms with E-state index in [0.29, 0.717) is 12.4 Å².